The number of rotatable bonds is 5. The van der Waals surface area contributed by atoms with Crippen molar-refractivity contribution in [2.24, 2.45) is 7.05 Å². The SMILES string of the molecule is CCOc1ccccc1NC(=O)Cc1cn(C)c2ccccc12. The van der Waals surface area contributed by atoms with E-state index in [1.54, 1.807) is 0 Å². The van der Waals surface area contributed by atoms with Crippen molar-refractivity contribution in [1.82, 2.24) is 4.57 Å². The highest BCUT2D eigenvalue weighted by Crippen LogP contribution is 2.25. The van der Waals surface area contributed by atoms with Gasteiger partial charge in [0, 0.05) is 24.1 Å². The number of carbonyl (C=O) groups is 1. The summed E-state index contributed by atoms with van der Waals surface area (Å²) in [7, 11) is 1.99. The van der Waals surface area contributed by atoms with Crippen molar-refractivity contribution in [1.29, 1.82) is 0 Å². The van der Waals surface area contributed by atoms with Gasteiger partial charge in [-0.05, 0) is 30.7 Å². The maximum atomic E-state index is 12.4. The second-order valence-corrected chi connectivity index (χ2v) is 5.44. The molecule has 23 heavy (non-hydrogen) atoms. The van der Waals surface area contributed by atoms with Crippen LogP contribution in [0.2, 0.25) is 0 Å². The molecule has 4 heteroatoms. The number of ether oxygens (including phenoxy) is 1. The Morgan fingerprint density at radius 1 is 1.13 bits per heavy atom. The molecule has 0 aliphatic carbocycles. The van der Waals surface area contributed by atoms with E-state index in [4.69, 9.17) is 4.74 Å². The number of amides is 1. The first kappa shape index (κ1) is 15.2. The fraction of sp³-hybridized carbons (Fsp3) is 0.211. The maximum absolute atomic E-state index is 12.4. The summed E-state index contributed by atoms with van der Waals surface area (Å²) >= 11 is 0. The van der Waals surface area contributed by atoms with E-state index in [1.807, 2.05) is 67.2 Å². The van der Waals surface area contributed by atoms with Crippen LogP contribution in [0.5, 0.6) is 5.75 Å². The molecule has 1 N–H and O–H groups in total. The fourth-order valence-corrected chi connectivity index (χ4v) is 2.79. The molecule has 0 saturated carbocycles. The molecule has 0 spiro atoms. The number of para-hydroxylation sites is 3. The first-order chi connectivity index (χ1) is 11.2. The molecule has 0 aliphatic heterocycles. The Balaban J connectivity index is 1.79. The average molecular weight is 308 g/mol. The van der Waals surface area contributed by atoms with Gasteiger partial charge in [0.25, 0.3) is 0 Å². The van der Waals surface area contributed by atoms with Crippen LogP contribution in [-0.2, 0) is 18.3 Å². The third kappa shape index (κ3) is 3.21. The zero-order valence-electron chi connectivity index (χ0n) is 13.4. The topological polar surface area (TPSA) is 43.3 Å². The molecule has 4 nitrogen and oxygen atoms in total. The number of aryl methyl sites for hydroxylation is 1. The van der Waals surface area contributed by atoms with Crippen LogP contribution in [0, 0.1) is 0 Å². The van der Waals surface area contributed by atoms with E-state index in [0.29, 0.717) is 24.5 Å². The molecule has 1 heterocycles. The predicted molar refractivity (Wildman–Crippen MR) is 92.9 cm³/mol. The summed E-state index contributed by atoms with van der Waals surface area (Å²) in [6.45, 7) is 2.49. The molecule has 0 aliphatic rings. The normalized spacial score (nSPS) is 10.7. The first-order valence-electron chi connectivity index (χ1n) is 7.73. The number of aromatic nitrogens is 1. The molecule has 3 aromatic rings. The van der Waals surface area contributed by atoms with Gasteiger partial charge in [-0.3, -0.25) is 4.79 Å². The standard InChI is InChI=1S/C19H20N2O2/c1-3-23-18-11-7-5-9-16(18)20-19(22)12-14-13-21(2)17-10-6-4-8-15(14)17/h4-11,13H,3,12H2,1-2H3,(H,20,22). The van der Waals surface area contributed by atoms with Crippen molar-refractivity contribution >= 4 is 22.5 Å². The Kier molecular flexibility index (Phi) is 4.33. The van der Waals surface area contributed by atoms with E-state index >= 15 is 0 Å². The van der Waals surface area contributed by atoms with Crippen molar-refractivity contribution < 1.29 is 9.53 Å². The van der Waals surface area contributed by atoms with Crippen LogP contribution in [0.3, 0.4) is 0 Å². The molecule has 2 aromatic carbocycles. The Labute approximate surface area is 135 Å². The summed E-state index contributed by atoms with van der Waals surface area (Å²) in [5.74, 6) is 0.648. The molecular formula is C19H20N2O2. The lowest BCUT2D eigenvalue weighted by Gasteiger charge is -2.11. The lowest BCUT2D eigenvalue weighted by atomic mass is 10.1. The number of nitrogens with zero attached hydrogens (tertiary/aromatic N) is 1. The third-order valence-electron chi connectivity index (χ3n) is 3.79. The number of hydrogen-bond acceptors (Lipinski definition) is 2. The number of nitrogens with one attached hydrogen (secondary N) is 1. The highest BCUT2D eigenvalue weighted by Gasteiger charge is 2.12. The highest BCUT2D eigenvalue weighted by molar-refractivity contribution is 5.96. The van der Waals surface area contributed by atoms with Gasteiger partial charge in [-0.1, -0.05) is 30.3 Å². The van der Waals surface area contributed by atoms with E-state index in [0.717, 1.165) is 16.5 Å². The Bertz CT molecular complexity index is 836. The van der Waals surface area contributed by atoms with Gasteiger partial charge in [-0.2, -0.15) is 0 Å². The summed E-state index contributed by atoms with van der Waals surface area (Å²) < 4.78 is 7.59. The number of hydrogen-bond donors (Lipinski definition) is 1. The Morgan fingerprint density at radius 3 is 2.70 bits per heavy atom. The second kappa shape index (κ2) is 6.57. The van der Waals surface area contributed by atoms with Crippen molar-refractivity contribution in [3.63, 3.8) is 0 Å². The number of benzene rings is 2. The summed E-state index contributed by atoms with van der Waals surface area (Å²) in [6, 6.07) is 15.6. The number of carbonyl (C=O) groups excluding carboxylic acids is 1. The number of anilines is 1. The maximum Gasteiger partial charge on any atom is 0.228 e. The minimum Gasteiger partial charge on any atom is -0.492 e. The summed E-state index contributed by atoms with van der Waals surface area (Å²) in [5.41, 5.74) is 2.86. The van der Waals surface area contributed by atoms with Crippen LogP contribution in [-0.4, -0.2) is 17.1 Å². The molecule has 1 aromatic heterocycles. The minimum atomic E-state index is -0.0477. The Hall–Kier alpha value is -2.75. The van der Waals surface area contributed by atoms with Gasteiger partial charge in [0.2, 0.25) is 5.91 Å². The second-order valence-electron chi connectivity index (χ2n) is 5.44. The van der Waals surface area contributed by atoms with E-state index in [1.165, 1.54) is 0 Å². The van der Waals surface area contributed by atoms with Gasteiger partial charge in [-0.25, -0.2) is 0 Å². The van der Waals surface area contributed by atoms with Crippen LogP contribution in [0.15, 0.2) is 54.7 Å². The predicted octanol–water partition coefficient (Wildman–Crippen LogP) is 3.76. The van der Waals surface area contributed by atoms with Crippen molar-refractivity contribution in [2.75, 3.05) is 11.9 Å². The van der Waals surface area contributed by atoms with E-state index in [-0.39, 0.29) is 5.91 Å². The average Bonchev–Trinajstić information content (AvgIpc) is 2.86. The molecule has 0 unspecified atom stereocenters. The monoisotopic (exact) mass is 308 g/mol. The summed E-state index contributed by atoms with van der Waals surface area (Å²) in [5, 5.41) is 4.06. The van der Waals surface area contributed by atoms with Crippen LogP contribution in [0.4, 0.5) is 5.69 Å². The van der Waals surface area contributed by atoms with E-state index in [2.05, 4.69) is 11.4 Å². The molecule has 1 amide bonds. The highest BCUT2D eigenvalue weighted by atomic mass is 16.5. The van der Waals surface area contributed by atoms with Crippen LogP contribution >= 0.6 is 0 Å². The van der Waals surface area contributed by atoms with Crippen LogP contribution in [0.1, 0.15) is 12.5 Å². The number of fused-ring (bicyclic) bond motifs is 1. The van der Waals surface area contributed by atoms with Crippen LogP contribution in [0.25, 0.3) is 10.9 Å². The van der Waals surface area contributed by atoms with Gasteiger partial charge in [0.1, 0.15) is 5.75 Å². The fourth-order valence-electron chi connectivity index (χ4n) is 2.79. The zero-order chi connectivity index (χ0) is 16.2. The molecule has 0 radical (unpaired) electrons. The van der Waals surface area contributed by atoms with Gasteiger partial charge < -0.3 is 14.6 Å². The molecular weight excluding hydrogens is 288 g/mol. The van der Waals surface area contributed by atoms with Crippen LogP contribution < -0.4 is 10.1 Å². The van der Waals surface area contributed by atoms with Crippen molar-refractivity contribution in [3.05, 3.63) is 60.3 Å². The van der Waals surface area contributed by atoms with E-state index in [9.17, 15) is 4.79 Å². The molecule has 0 bridgehead atoms. The lowest BCUT2D eigenvalue weighted by Crippen LogP contribution is -2.15. The molecule has 118 valence electrons. The van der Waals surface area contributed by atoms with Gasteiger partial charge in [0.05, 0.1) is 18.7 Å². The zero-order valence-corrected chi connectivity index (χ0v) is 13.4. The van der Waals surface area contributed by atoms with Gasteiger partial charge in [-0.15, -0.1) is 0 Å². The van der Waals surface area contributed by atoms with Crippen molar-refractivity contribution in [2.45, 2.75) is 13.3 Å². The van der Waals surface area contributed by atoms with Gasteiger partial charge in [0.15, 0.2) is 0 Å². The minimum absolute atomic E-state index is 0.0477. The molecule has 3 rings (SSSR count). The third-order valence-corrected chi connectivity index (χ3v) is 3.79. The first-order valence-corrected chi connectivity index (χ1v) is 7.73. The summed E-state index contributed by atoms with van der Waals surface area (Å²) in [4.78, 5) is 12.4. The lowest BCUT2D eigenvalue weighted by molar-refractivity contribution is -0.115. The smallest absolute Gasteiger partial charge is 0.228 e. The van der Waals surface area contributed by atoms with Crippen molar-refractivity contribution in [3.8, 4) is 5.75 Å². The molecule has 0 saturated heterocycles. The largest absolute Gasteiger partial charge is 0.492 e. The quantitative estimate of drug-likeness (QED) is 0.780. The van der Waals surface area contributed by atoms with Gasteiger partial charge >= 0.3 is 0 Å². The Morgan fingerprint density at radius 2 is 1.87 bits per heavy atom. The molecule has 0 atom stereocenters. The summed E-state index contributed by atoms with van der Waals surface area (Å²) in [6.07, 6.45) is 2.35. The van der Waals surface area contributed by atoms with E-state index < -0.39 is 0 Å². The molecule has 0 fully saturated rings.